The van der Waals surface area contributed by atoms with Crippen LogP contribution >= 0.6 is 0 Å². The highest BCUT2D eigenvalue weighted by atomic mass is 16.3. The van der Waals surface area contributed by atoms with E-state index < -0.39 is 0 Å². The van der Waals surface area contributed by atoms with E-state index in [4.69, 9.17) is 0 Å². The van der Waals surface area contributed by atoms with Crippen LogP contribution in [0.5, 0.6) is 0 Å². The van der Waals surface area contributed by atoms with E-state index in [2.05, 4.69) is 16.8 Å². The van der Waals surface area contributed by atoms with E-state index in [9.17, 15) is 5.11 Å². The average molecular weight is 212 g/mol. The van der Waals surface area contributed by atoms with E-state index >= 15 is 0 Å². The van der Waals surface area contributed by atoms with Gasteiger partial charge in [0.15, 0.2) is 0 Å². The molecular weight excluding hydrogens is 188 g/mol. The molecule has 3 heteroatoms. The van der Waals surface area contributed by atoms with Crippen molar-refractivity contribution in [2.45, 2.75) is 44.2 Å². The first-order valence-corrected chi connectivity index (χ1v) is 6.36. The lowest BCUT2D eigenvalue weighted by atomic mass is 9.92. The summed E-state index contributed by atoms with van der Waals surface area (Å²) in [7, 11) is 2.22. The fourth-order valence-electron chi connectivity index (χ4n) is 2.86. The molecule has 0 unspecified atom stereocenters. The first kappa shape index (κ1) is 11.4. The van der Waals surface area contributed by atoms with Crippen LogP contribution in [-0.4, -0.2) is 60.3 Å². The Labute approximate surface area is 93.1 Å². The van der Waals surface area contributed by atoms with Crippen LogP contribution in [0, 0.1) is 0 Å². The fourth-order valence-corrected chi connectivity index (χ4v) is 2.86. The van der Waals surface area contributed by atoms with Gasteiger partial charge in [-0.3, -0.25) is 4.90 Å². The van der Waals surface area contributed by atoms with Gasteiger partial charge in [0.05, 0.1) is 6.10 Å². The van der Waals surface area contributed by atoms with Crippen LogP contribution < -0.4 is 0 Å². The zero-order valence-corrected chi connectivity index (χ0v) is 9.86. The molecular formula is C12H24N2O. The summed E-state index contributed by atoms with van der Waals surface area (Å²) in [5.74, 6) is 0. The molecule has 15 heavy (non-hydrogen) atoms. The second-order valence-corrected chi connectivity index (χ2v) is 5.16. The Kier molecular flexibility index (Phi) is 4.00. The minimum atomic E-state index is -0.0177. The van der Waals surface area contributed by atoms with Crippen molar-refractivity contribution in [3.63, 3.8) is 0 Å². The highest BCUT2D eigenvalue weighted by Gasteiger charge is 2.25. The number of hydrogen-bond donors (Lipinski definition) is 1. The maximum absolute atomic E-state index is 9.50. The van der Waals surface area contributed by atoms with Gasteiger partial charge >= 0.3 is 0 Å². The summed E-state index contributed by atoms with van der Waals surface area (Å²) in [6.07, 6.45) is 5.70. The van der Waals surface area contributed by atoms with Gasteiger partial charge in [-0.05, 0) is 52.2 Å². The van der Waals surface area contributed by atoms with Crippen molar-refractivity contribution in [2.75, 3.05) is 33.2 Å². The summed E-state index contributed by atoms with van der Waals surface area (Å²) in [5.41, 5.74) is 0. The molecule has 0 aromatic heterocycles. The van der Waals surface area contributed by atoms with E-state index in [1.807, 2.05) is 0 Å². The molecule has 0 amide bonds. The van der Waals surface area contributed by atoms with Crippen LogP contribution in [0.2, 0.25) is 0 Å². The molecule has 1 heterocycles. The van der Waals surface area contributed by atoms with E-state index in [-0.39, 0.29) is 6.10 Å². The average Bonchev–Trinajstić information content (AvgIpc) is 2.44. The molecule has 1 N–H and O–H groups in total. The molecule has 88 valence electrons. The Morgan fingerprint density at radius 2 is 1.67 bits per heavy atom. The standard InChI is InChI=1S/C12H24N2O/c1-13-7-2-8-14(10-9-13)11-3-5-12(15)6-4-11/h11-12,15H,2-10H2,1H3. The van der Waals surface area contributed by atoms with Gasteiger partial charge < -0.3 is 10.0 Å². The minimum Gasteiger partial charge on any atom is -0.393 e. The van der Waals surface area contributed by atoms with Crippen molar-refractivity contribution in [2.24, 2.45) is 0 Å². The van der Waals surface area contributed by atoms with Crippen molar-refractivity contribution < 1.29 is 5.11 Å². The number of hydrogen-bond acceptors (Lipinski definition) is 3. The molecule has 0 radical (unpaired) electrons. The smallest absolute Gasteiger partial charge is 0.0541 e. The maximum atomic E-state index is 9.50. The summed E-state index contributed by atoms with van der Waals surface area (Å²) in [6.45, 7) is 4.92. The van der Waals surface area contributed by atoms with Gasteiger partial charge in [-0.2, -0.15) is 0 Å². The second kappa shape index (κ2) is 5.28. The molecule has 1 aliphatic heterocycles. The third-order valence-electron chi connectivity index (χ3n) is 3.94. The Bertz CT molecular complexity index is 190. The topological polar surface area (TPSA) is 26.7 Å². The molecule has 0 aromatic carbocycles. The van der Waals surface area contributed by atoms with Crippen molar-refractivity contribution in [3.05, 3.63) is 0 Å². The normalized spacial score (nSPS) is 36.4. The van der Waals surface area contributed by atoms with Crippen molar-refractivity contribution in [1.82, 2.24) is 9.80 Å². The molecule has 1 aliphatic carbocycles. The Hall–Kier alpha value is -0.120. The van der Waals surface area contributed by atoms with Gasteiger partial charge in [0.2, 0.25) is 0 Å². The fraction of sp³-hybridized carbons (Fsp3) is 1.00. The van der Waals surface area contributed by atoms with E-state index in [0.29, 0.717) is 0 Å². The largest absolute Gasteiger partial charge is 0.393 e. The summed E-state index contributed by atoms with van der Waals surface area (Å²) >= 11 is 0. The van der Waals surface area contributed by atoms with E-state index in [1.165, 1.54) is 45.4 Å². The first-order valence-electron chi connectivity index (χ1n) is 6.36. The first-order chi connectivity index (χ1) is 7.25. The van der Waals surface area contributed by atoms with E-state index in [0.717, 1.165) is 18.9 Å². The van der Waals surface area contributed by atoms with Crippen molar-refractivity contribution in [1.29, 1.82) is 0 Å². The summed E-state index contributed by atoms with van der Waals surface area (Å²) in [5, 5.41) is 9.50. The summed E-state index contributed by atoms with van der Waals surface area (Å²) in [4.78, 5) is 5.08. The molecule has 0 atom stereocenters. The second-order valence-electron chi connectivity index (χ2n) is 5.16. The number of aliphatic hydroxyl groups is 1. The predicted molar refractivity (Wildman–Crippen MR) is 61.9 cm³/mol. The molecule has 0 spiro atoms. The van der Waals surface area contributed by atoms with Crippen molar-refractivity contribution >= 4 is 0 Å². The molecule has 1 saturated carbocycles. The number of aliphatic hydroxyl groups excluding tert-OH is 1. The quantitative estimate of drug-likeness (QED) is 0.700. The lowest BCUT2D eigenvalue weighted by Crippen LogP contribution is -2.41. The zero-order chi connectivity index (χ0) is 10.7. The Balaban J connectivity index is 1.82. The monoisotopic (exact) mass is 212 g/mol. The van der Waals surface area contributed by atoms with Crippen LogP contribution in [0.1, 0.15) is 32.1 Å². The van der Waals surface area contributed by atoms with Gasteiger partial charge in [-0.25, -0.2) is 0 Å². The molecule has 2 rings (SSSR count). The molecule has 3 nitrogen and oxygen atoms in total. The van der Waals surface area contributed by atoms with E-state index in [1.54, 1.807) is 0 Å². The van der Waals surface area contributed by atoms with Crippen molar-refractivity contribution in [3.8, 4) is 0 Å². The zero-order valence-electron chi connectivity index (χ0n) is 9.86. The molecule has 1 saturated heterocycles. The summed E-state index contributed by atoms with van der Waals surface area (Å²) in [6, 6.07) is 0.750. The Morgan fingerprint density at radius 1 is 0.933 bits per heavy atom. The molecule has 0 bridgehead atoms. The van der Waals surface area contributed by atoms with Crippen LogP contribution in [0.25, 0.3) is 0 Å². The number of rotatable bonds is 1. The van der Waals surface area contributed by atoms with Gasteiger partial charge in [-0.15, -0.1) is 0 Å². The lowest BCUT2D eigenvalue weighted by Gasteiger charge is -2.34. The highest BCUT2D eigenvalue weighted by molar-refractivity contribution is 4.81. The third kappa shape index (κ3) is 3.16. The van der Waals surface area contributed by atoms with Gasteiger partial charge in [0, 0.05) is 19.1 Å². The number of likely N-dealkylation sites (N-methyl/N-ethyl adjacent to an activating group) is 1. The Morgan fingerprint density at radius 3 is 2.40 bits per heavy atom. The summed E-state index contributed by atoms with van der Waals surface area (Å²) < 4.78 is 0. The number of nitrogens with zero attached hydrogens (tertiary/aromatic N) is 2. The molecule has 0 aromatic rings. The van der Waals surface area contributed by atoms with Gasteiger partial charge in [0.1, 0.15) is 0 Å². The maximum Gasteiger partial charge on any atom is 0.0541 e. The van der Waals surface area contributed by atoms with Crippen LogP contribution in [0.4, 0.5) is 0 Å². The van der Waals surface area contributed by atoms with Crippen LogP contribution in [-0.2, 0) is 0 Å². The molecule has 2 fully saturated rings. The minimum absolute atomic E-state index is 0.0177. The van der Waals surface area contributed by atoms with Crippen LogP contribution in [0.3, 0.4) is 0 Å². The third-order valence-corrected chi connectivity index (χ3v) is 3.94. The highest BCUT2D eigenvalue weighted by Crippen LogP contribution is 2.23. The SMILES string of the molecule is CN1CCCN(C2CCC(O)CC2)CC1. The lowest BCUT2D eigenvalue weighted by molar-refractivity contribution is 0.0755. The van der Waals surface area contributed by atoms with Gasteiger partial charge in [0.25, 0.3) is 0 Å². The van der Waals surface area contributed by atoms with Gasteiger partial charge in [-0.1, -0.05) is 0 Å². The van der Waals surface area contributed by atoms with Crippen LogP contribution in [0.15, 0.2) is 0 Å². The predicted octanol–water partition coefficient (Wildman–Crippen LogP) is 0.927. The molecule has 2 aliphatic rings.